The Morgan fingerprint density at radius 1 is 1.36 bits per heavy atom. The Morgan fingerprint density at radius 3 is 2.86 bits per heavy atom. The average Bonchev–Trinajstić information content (AvgIpc) is 2.84. The second-order valence-corrected chi connectivity index (χ2v) is 5.61. The van der Waals surface area contributed by atoms with Crippen molar-refractivity contribution in [3.8, 4) is 0 Å². The highest BCUT2D eigenvalue weighted by atomic mass is 35.5. The molecule has 1 aromatic heterocycles. The van der Waals surface area contributed by atoms with E-state index in [1.54, 1.807) is 0 Å². The summed E-state index contributed by atoms with van der Waals surface area (Å²) in [5, 5.41) is 6.35. The molecule has 1 aliphatic rings. The first-order valence-corrected chi connectivity index (χ1v) is 7.66. The summed E-state index contributed by atoms with van der Waals surface area (Å²) in [6.07, 6.45) is 1.89. The summed E-state index contributed by atoms with van der Waals surface area (Å²) in [6.45, 7) is 5.33. The van der Waals surface area contributed by atoms with Gasteiger partial charge in [-0.05, 0) is 45.0 Å². The maximum Gasteiger partial charge on any atom is 0.223 e. The van der Waals surface area contributed by atoms with Crippen LogP contribution >= 0.6 is 12.4 Å². The zero-order valence-corrected chi connectivity index (χ0v) is 13.7. The summed E-state index contributed by atoms with van der Waals surface area (Å²) in [6, 6.07) is 8.11. The summed E-state index contributed by atoms with van der Waals surface area (Å²) >= 11 is 0. The molecule has 1 aliphatic heterocycles. The van der Waals surface area contributed by atoms with Crippen molar-refractivity contribution in [1.82, 2.24) is 20.2 Å². The van der Waals surface area contributed by atoms with Gasteiger partial charge in [0.05, 0.1) is 11.0 Å². The number of nitrogens with zero attached hydrogens (tertiary/aromatic N) is 2. The third-order valence-corrected chi connectivity index (χ3v) is 4.19. The number of nitrogens with one attached hydrogen (secondary N) is 2. The lowest BCUT2D eigenvalue weighted by Gasteiger charge is -2.21. The molecular weight excluding hydrogens is 300 g/mol. The quantitative estimate of drug-likeness (QED) is 0.903. The van der Waals surface area contributed by atoms with Gasteiger partial charge < -0.3 is 15.2 Å². The Hall–Kier alpha value is -1.59. The molecule has 3 rings (SSSR count). The maximum absolute atomic E-state index is 12.1. The molecule has 2 N–H and O–H groups in total. The number of rotatable bonds is 4. The fourth-order valence-corrected chi connectivity index (χ4v) is 3.00. The van der Waals surface area contributed by atoms with E-state index in [9.17, 15) is 4.79 Å². The molecule has 22 heavy (non-hydrogen) atoms. The van der Waals surface area contributed by atoms with Crippen molar-refractivity contribution in [2.45, 2.75) is 26.3 Å². The lowest BCUT2D eigenvalue weighted by atomic mass is 9.97. The standard InChI is InChI=1S/C16H22N4O.ClH/c1-12-19-14-4-2-3-5-15(14)20(12)11-10-18-16(21)13-6-8-17-9-7-13;/h2-5,13,17H,6-11H2,1H3,(H,18,21);1H. The van der Waals surface area contributed by atoms with Gasteiger partial charge in [0.25, 0.3) is 0 Å². The molecule has 0 bridgehead atoms. The second-order valence-electron chi connectivity index (χ2n) is 5.61. The molecule has 120 valence electrons. The highest BCUT2D eigenvalue weighted by Crippen LogP contribution is 2.15. The van der Waals surface area contributed by atoms with E-state index in [4.69, 9.17) is 0 Å². The van der Waals surface area contributed by atoms with Gasteiger partial charge in [-0.1, -0.05) is 12.1 Å². The highest BCUT2D eigenvalue weighted by molar-refractivity contribution is 5.85. The number of piperidine rings is 1. The Kier molecular flexibility index (Phi) is 5.80. The van der Waals surface area contributed by atoms with Crippen molar-refractivity contribution >= 4 is 29.3 Å². The van der Waals surface area contributed by atoms with E-state index in [-0.39, 0.29) is 24.2 Å². The molecule has 0 atom stereocenters. The fourth-order valence-electron chi connectivity index (χ4n) is 3.00. The van der Waals surface area contributed by atoms with Crippen molar-refractivity contribution in [2.75, 3.05) is 19.6 Å². The van der Waals surface area contributed by atoms with E-state index in [0.717, 1.165) is 49.3 Å². The summed E-state index contributed by atoms with van der Waals surface area (Å²) in [5.74, 6) is 1.36. The number of halogens is 1. The first kappa shape index (κ1) is 16.8. The summed E-state index contributed by atoms with van der Waals surface area (Å²) in [4.78, 5) is 16.7. The lowest BCUT2D eigenvalue weighted by Crippen LogP contribution is -2.39. The van der Waals surface area contributed by atoms with Crippen molar-refractivity contribution < 1.29 is 4.79 Å². The number of amides is 1. The van der Waals surface area contributed by atoms with Crippen molar-refractivity contribution in [1.29, 1.82) is 0 Å². The largest absolute Gasteiger partial charge is 0.354 e. The van der Waals surface area contributed by atoms with Gasteiger partial charge >= 0.3 is 0 Å². The monoisotopic (exact) mass is 322 g/mol. The number of carbonyl (C=O) groups is 1. The van der Waals surface area contributed by atoms with Crippen molar-refractivity contribution in [3.05, 3.63) is 30.1 Å². The van der Waals surface area contributed by atoms with E-state index in [0.29, 0.717) is 6.54 Å². The number of aryl methyl sites for hydroxylation is 1. The van der Waals surface area contributed by atoms with Gasteiger partial charge in [-0.25, -0.2) is 4.98 Å². The van der Waals surface area contributed by atoms with Crippen LogP contribution in [0.3, 0.4) is 0 Å². The molecule has 0 spiro atoms. The number of fused-ring (bicyclic) bond motifs is 1. The Morgan fingerprint density at radius 2 is 2.09 bits per heavy atom. The number of hydrogen-bond acceptors (Lipinski definition) is 3. The Balaban J connectivity index is 0.00000176. The van der Waals surface area contributed by atoms with Gasteiger partial charge in [-0.2, -0.15) is 0 Å². The number of benzene rings is 1. The van der Waals surface area contributed by atoms with Crippen molar-refractivity contribution in [3.63, 3.8) is 0 Å². The average molecular weight is 323 g/mol. The minimum absolute atomic E-state index is 0. The first-order chi connectivity index (χ1) is 10.3. The lowest BCUT2D eigenvalue weighted by molar-refractivity contribution is -0.125. The first-order valence-electron chi connectivity index (χ1n) is 7.66. The molecule has 2 heterocycles. The number of para-hydroxylation sites is 2. The van der Waals surface area contributed by atoms with Crippen molar-refractivity contribution in [2.24, 2.45) is 5.92 Å². The molecule has 2 aromatic rings. The number of aromatic nitrogens is 2. The Labute approximate surface area is 136 Å². The van der Waals surface area contributed by atoms with Gasteiger partial charge in [0.1, 0.15) is 5.82 Å². The van der Waals surface area contributed by atoms with Crippen LogP contribution in [0.4, 0.5) is 0 Å². The minimum Gasteiger partial charge on any atom is -0.354 e. The molecule has 5 nitrogen and oxygen atoms in total. The summed E-state index contributed by atoms with van der Waals surface area (Å²) in [5.41, 5.74) is 2.14. The van der Waals surface area contributed by atoms with E-state index < -0.39 is 0 Å². The minimum atomic E-state index is 0. The van der Waals surface area contributed by atoms with Crippen LogP contribution in [0.5, 0.6) is 0 Å². The number of imidazole rings is 1. The maximum atomic E-state index is 12.1. The normalized spacial score (nSPS) is 15.5. The third-order valence-electron chi connectivity index (χ3n) is 4.19. The number of carbonyl (C=O) groups excluding carboxylic acids is 1. The molecule has 0 saturated carbocycles. The predicted octanol–water partition coefficient (Wildman–Crippen LogP) is 1.88. The molecule has 1 aromatic carbocycles. The van der Waals surface area contributed by atoms with Crippen LogP contribution < -0.4 is 10.6 Å². The predicted molar refractivity (Wildman–Crippen MR) is 90.3 cm³/mol. The summed E-state index contributed by atoms with van der Waals surface area (Å²) in [7, 11) is 0. The van der Waals surface area contributed by atoms with Crippen LogP contribution in [-0.2, 0) is 11.3 Å². The Bertz CT molecular complexity index is 634. The van der Waals surface area contributed by atoms with Crippen LogP contribution in [0.15, 0.2) is 24.3 Å². The zero-order chi connectivity index (χ0) is 14.7. The highest BCUT2D eigenvalue weighted by Gasteiger charge is 2.20. The van der Waals surface area contributed by atoms with Crippen LogP contribution in [0.2, 0.25) is 0 Å². The molecule has 1 saturated heterocycles. The van der Waals surface area contributed by atoms with Crippen LogP contribution in [0.1, 0.15) is 18.7 Å². The molecular formula is C16H23ClN4O. The topological polar surface area (TPSA) is 59.0 Å². The smallest absolute Gasteiger partial charge is 0.223 e. The van der Waals surface area contributed by atoms with Gasteiger partial charge in [0.15, 0.2) is 0 Å². The third kappa shape index (κ3) is 3.59. The molecule has 1 amide bonds. The molecule has 0 radical (unpaired) electrons. The molecule has 1 fully saturated rings. The molecule has 0 aliphatic carbocycles. The van der Waals surface area contributed by atoms with Gasteiger partial charge in [0.2, 0.25) is 5.91 Å². The fraction of sp³-hybridized carbons (Fsp3) is 0.500. The van der Waals surface area contributed by atoms with Crippen LogP contribution in [-0.4, -0.2) is 35.1 Å². The molecule has 0 unspecified atom stereocenters. The molecule has 6 heteroatoms. The van der Waals surface area contributed by atoms with Gasteiger partial charge in [0, 0.05) is 19.0 Å². The van der Waals surface area contributed by atoms with Crippen LogP contribution in [0.25, 0.3) is 11.0 Å². The van der Waals surface area contributed by atoms with Gasteiger partial charge in [-0.3, -0.25) is 4.79 Å². The summed E-state index contributed by atoms with van der Waals surface area (Å²) < 4.78 is 2.16. The van der Waals surface area contributed by atoms with E-state index in [1.165, 1.54) is 0 Å². The van der Waals surface area contributed by atoms with Crippen LogP contribution in [0, 0.1) is 12.8 Å². The van der Waals surface area contributed by atoms with E-state index >= 15 is 0 Å². The van der Waals surface area contributed by atoms with E-state index in [1.807, 2.05) is 25.1 Å². The second kappa shape index (κ2) is 7.61. The number of hydrogen-bond donors (Lipinski definition) is 2. The zero-order valence-electron chi connectivity index (χ0n) is 12.8. The SMILES string of the molecule is Cc1nc2ccccc2n1CCNC(=O)C1CCNCC1.Cl. The van der Waals surface area contributed by atoms with Gasteiger partial charge in [-0.15, -0.1) is 12.4 Å². The van der Waals surface area contributed by atoms with E-state index in [2.05, 4.69) is 26.3 Å².